The second-order valence-corrected chi connectivity index (χ2v) is 8.92. The van der Waals surface area contributed by atoms with Crippen LogP contribution in [0.1, 0.15) is 10.4 Å². The highest BCUT2D eigenvalue weighted by atomic mass is 127. The average Bonchev–Trinajstić information content (AvgIpc) is 2.55. The first kappa shape index (κ1) is 19.8. The maximum Gasteiger partial charge on any atom is 0.258 e. The lowest BCUT2D eigenvalue weighted by Gasteiger charge is -2.13. The van der Waals surface area contributed by atoms with Crippen molar-refractivity contribution < 1.29 is 13.2 Å². The van der Waals surface area contributed by atoms with Gasteiger partial charge in [0.05, 0.1) is 10.5 Å². The van der Waals surface area contributed by atoms with Crippen LogP contribution < -0.4 is 10.6 Å². The van der Waals surface area contributed by atoms with E-state index in [4.69, 9.17) is 12.2 Å². The first-order valence-electron chi connectivity index (χ1n) is 7.11. The lowest BCUT2D eigenvalue weighted by atomic mass is 10.2. The number of nitrogens with one attached hydrogen (secondary N) is 2. The smallest absolute Gasteiger partial charge is 0.258 e. The molecule has 2 aromatic rings. The van der Waals surface area contributed by atoms with Gasteiger partial charge in [-0.05, 0) is 71.2 Å². The van der Waals surface area contributed by atoms with Gasteiger partial charge in [-0.25, -0.2) is 12.7 Å². The Labute approximate surface area is 165 Å². The maximum absolute atomic E-state index is 12.2. The molecular weight excluding hydrogens is 473 g/mol. The third-order valence-corrected chi connectivity index (χ3v) is 6.21. The third-order valence-electron chi connectivity index (χ3n) is 3.24. The molecule has 1 amide bonds. The summed E-state index contributed by atoms with van der Waals surface area (Å²) in [6, 6.07) is 13.3. The minimum absolute atomic E-state index is 0.132. The van der Waals surface area contributed by atoms with Gasteiger partial charge < -0.3 is 5.32 Å². The third kappa shape index (κ3) is 4.97. The van der Waals surface area contributed by atoms with Crippen molar-refractivity contribution >= 4 is 61.5 Å². The summed E-state index contributed by atoms with van der Waals surface area (Å²) in [7, 11) is -0.541. The Bertz CT molecular complexity index is 897. The van der Waals surface area contributed by atoms with Gasteiger partial charge in [0.2, 0.25) is 10.0 Å². The second kappa shape index (κ2) is 8.21. The van der Waals surface area contributed by atoms with Gasteiger partial charge in [-0.2, -0.15) is 0 Å². The first-order valence-corrected chi connectivity index (χ1v) is 10.0. The van der Waals surface area contributed by atoms with Crippen molar-refractivity contribution in [2.24, 2.45) is 0 Å². The summed E-state index contributed by atoms with van der Waals surface area (Å²) in [4.78, 5) is 12.4. The highest BCUT2D eigenvalue weighted by molar-refractivity contribution is 14.1. The lowest BCUT2D eigenvalue weighted by Crippen LogP contribution is -2.34. The van der Waals surface area contributed by atoms with E-state index >= 15 is 0 Å². The molecule has 9 heteroatoms. The number of sulfonamides is 1. The van der Waals surface area contributed by atoms with E-state index in [1.807, 2.05) is 12.1 Å². The Morgan fingerprint density at radius 2 is 1.68 bits per heavy atom. The van der Waals surface area contributed by atoms with Gasteiger partial charge in [0.25, 0.3) is 5.91 Å². The number of carbonyl (C=O) groups excluding carboxylic acids is 1. The number of rotatable bonds is 4. The molecule has 132 valence electrons. The fraction of sp³-hybridized carbons (Fsp3) is 0.125. The molecule has 0 unspecified atom stereocenters. The number of hydrogen-bond donors (Lipinski definition) is 2. The molecule has 0 heterocycles. The quantitative estimate of drug-likeness (QED) is 0.510. The van der Waals surface area contributed by atoms with Gasteiger partial charge >= 0.3 is 0 Å². The second-order valence-electron chi connectivity index (χ2n) is 5.20. The number of carbonyl (C=O) groups is 1. The summed E-state index contributed by atoms with van der Waals surface area (Å²) in [6.07, 6.45) is 0. The van der Waals surface area contributed by atoms with Crippen LogP contribution in [-0.4, -0.2) is 37.8 Å². The molecule has 0 spiro atoms. The van der Waals surface area contributed by atoms with Crippen LogP contribution in [0.3, 0.4) is 0 Å². The predicted molar refractivity (Wildman–Crippen MR) is 110 cm³/mol. The van der Waals surface area contributed by atoms with Crippen LogP contribution in [0.5, 0.6) is 0 Å². The van der Waals surface area contributed by atoms with Crippen LogP contribution in [-0.2, 0) is 10.0 Å². The van der Waals surface area contributed by atoms with E-state index in [1.54, 1.807) is 24.3 Å². The van der Waals surface area contributed by atoms with E-state index in [9.17, 15) is 13.2 Å². The zero-order chi connectivity index (χ0) is 18.6. The van der Waals surface area contributed by atoms with E-state index in [0.29, 0.717) is 11.3 Å². The van der Waals surface area contributed by atoms with Crippen molar-refractivity contribution in [3.05, 3.63) is 57.7 Å². The van der Waals surface area contributed by atoms with Crippen LogP contribution in [0.4, 0.5) is 5.69 Å². The average molecular weight is 489 g/mol. The van der Waals surface area contributed by atoms with Gasteiger partial charge in [0.15, 0.2) is 5.11 Å². The molecule has 0 aliphatic carbocycles. The maximum atomic E-state index is 12.2. The van der Waals surface area contributed by atoms with Crippen molar-refractivity contribution in [1.82, 2.24) is 9.62 Å². The number of anilines is 1. The lowest BCUT2D eigenvalue weighted by molar-refractivity contribution is 0.0977. The minimum Gasteiger partial charge on any atom is -0.332 e. The Hall–Kier alpha value is -1.56. The molecule has 2 aromatic carbocycles. The van der Waals surface area contributed by atoms with Crippen LogP contribution in [0.15, 0.2) is 53.4 Å². The molecule has 0 aliphatic heterocycles. The molecule has 0 atom stereocenters. The molecular formula is C16H16IN3O3S2. The summed E-state index contributed by atoms with van der Waals surface area (Å²) in [6.45, 7) is 0. The standard InChI is InChI=1S/C16H16IN3O3S2/c1-20(2)25(22,23)12-9-7-11(8-10-12)18-16(24)19-15(21)13-5-3-4-6-14(13)17/h3-10H,1-2H3,(H2,18,19,21,24). The highest BCUT2D eigenvalue weighted by Gasteiger charge is 2.17. The normalized spacial score (nSPS) is 11.2. The van der Waals surface area contributed by atoms with E-state index in [0.717, 1.165) is 7.88 Å². The fourth-order valence-electron chi connectivity index (χ4n) is 1.90. The molecule has 0 bridgehead atoms. The SMILES string of the molecule is CN(C)S(=O)(=O)c1ccc(NC(=S)NC(=O)c2ccccc2I)cc1. The van der Waals surface area contributed by atoms with Crippen LogP contribution >= 0.6 is 34.8 Å². The van der Waals surface area contributed by atoms with Gasteiger partial charge in [0, 0.05) is 23.4 Å². The highest BCUT2D eigenvalue weighted by Crippen LogP contribution is 2.16. The molecule has 2 N–H and O–H groups in total. The minimum atomic E-state index is -3.48. The van der Waals surface area contributed by atoms with Crippen molar-refractivity contribution in [2.45, 2.75) is 4.90 Å². The molecule has 0 radical (unpaired) electrons. The van der Waals surface area contributed by atoms with Crippen molar-refractivity contribution in [3.8, 4) is 0 Å². The Kier molecular flexibility index (Phi) is 6.49. The van der Waals surface area contributed by atoms with Crippen LogP contribution in [0.25, 0.3) is 0 Å². The number of amides is 1. The van der Waals surface area contributed by atoms with E-state index in [2.05, 4.69) is 33.2 Å². The van der Waals surface area contributed by atoms with Crippen LogP contribution in [0.2, 0.25) is 0 Å². The number of thiocarbonyl (C=S) groups is 1. The van der Waals surface area contributed by atoms with Gasteiger partial charge in [0.1, 0.15) is 0 Å². The molecule has 0 fully saturated rings. The zero-order valence-corrected chi connectivity index (χ0v) is 17.3. The largest absolute Gasteiger partial charge is 0.332 e. The Balaban J connectivity index is 2.04. The van der Waals surface area contributed by atoms with E-state index in [-0.39, 0.29) is 15.9 Å². The Morgan fingerprint density at radius 3 is 2.24 bits per heavy atom. The van der Waals surface area contributed by atoms with Gasteiger partial charge in [-0.3, -0.25) is 10.1 Å². The molecule has 25 heavy (non-hydrogen) atoms. The number of halogens is 1. The topological polar surface area (TPSA) is 78.5 Å². The predicted octanol–water partition coefficient (Wildman–Crippen LogP) is 2.67. The molecule has 0 aliphatic rings. The summed E-state index contributed by atoms with van der Waals surface area (Å²) >= 11 is 7.21. The summed E-state index contributed by atoms with van der Waals surface area (Å²) in [5, 5.41) is 5.59. The van der Waals surface area contributed by atoms with Crippen molar-refractivity contribution in [2.75, 3.05) is 19.4 Å². The molecule has 2 rings (SSSR count). The van der Waals surface area contributed by atoms with Gasteiger partial charge in [-0.15, -0.1) is 0 Å². The van der Waals surface area contributed by atoms with E-state index < -0.39 is 10.0 Å². The number of benzene rings is 2. The first-order chi connectivity index (χ1) is 11.7. The van der Waals surface area contributed by atoms with Crippen LogP contribution in [0, 0.1) is 3.57 Å². The zero-order valence-electron chi connectivity index (χ0n) is 13.5. The Morgan fingerprint density at radius 1 is 1.08 bits per heavy atom. The molecule has 0 saturated carbocycles. The van der Waals surface area contributed by atoms with E-state index in [1.165, 1.54) is 26.2 Å². The number of hydrogen-bond acceptors (Lipinski definition) is 4. The monoisotopic (exact) mass is 489 g/mol. The molecule has 0 saturated heterocycles. The molecule has 6 nitrogen and oxygen atoms in total. The fourth-order valence-corrected chi connectivity index (χ4v) is 3.64. The number of nitrogens with zero attached hydrogens (tertiary/aromatic N) is 1. The summed E-state index contributed by atoms with van der Waals surface area (Å²) < 4.78 is 26.0. The summed E-state index contributed by atoms with van der Waals surface area (Å²) in [5.74, 6) is -0.311. The molecule has 0 aromatic heterocycles. The van der Waals surface area contributed by atoms with Gasteiger partial charge in [-0.1, -0.05) is 12.1 Å². The van der Waals surface area contributed by atoms with Crippen molar-refractivity contribution in [1.29, 1.82) is 0 Å². The van der Waals surface area contributed by atoms with Crippen molar-refractivity contribution in [3.63, 3.8) is 0 Å². The summed E-state index contributed by atoms with van der Waals surface area (Å²) in [5.41, 5.74) is 1.10.